The molecule has 0 fully saturated rings. The van der Waals surface area contributed by atoms with Crippen LogP contribution in [-0.2, 0) is 0 Å². The van der Waals surface area contributed by atoms with Crippen LogP contribution >= 0.6 is 11.6 Å². The third-order valence-corrected chi connectivity index (χ3v) is 2.75. The van der Waals surface area contributed by atoms with Crippen LogP contribution in [0.25, 0.3) is 0 Å². The molecule has 1 aromatic rings. The highest BCUT2D eigenvalue weighted by Crippen LogP contribution is 2.29. The van der Waals surface area contributed by atoms with Gasteiger partial charge in [-0.1, -0.05) is 43.6 Å². The van der Waals surface area contributed by atoms with E-state index in [0.717, 1.165) is 0 Å². The minimum Gasteiger partial charge on any atom is -0.391 e. The fourth-order valence-electron chi connectivity index (χ4n) is 1.44. The van der Waals surface area contributed by atoms with Crippen LogP contribution in [0.1, 0.15) is 25.3 Å². The van der Waals surface area contributed by atoms with Gasteiger partial charge in [-0.05, 0) is 17.5 Å². The van der Waals surface area contributed by atoms with Gasteiger partial charge in [0.25, 0.3) is 0 Å². The summed E-state index contributed by atoms with van der Waals surface area (Å²) in [4.78, 5) is 0. The summed E-state index contributed by atoms with van der Waals surface area (Å²) < 4.78 is 0. The Bertz CT molecular complexity index is 370. The second kappa shape index (κ2) is 5.16. The molecule has 0 aliphatic rings. The molecule has 0 aliphatic carbocycles. The molecule has 1 N–H and O–H groups in total. The van der Waals surface area contributed by atoms with Crippen molar-refractivity contribution in [1.82, 2.24) is 0 Å². The largest absolute Gasteiger partial charge is 0.391 e. The first-order valence-corrected chi connectivity index (χ1v) is 5.27. The fraction of sp³-hybridized carbons (Fsp3) is 0.417. The van der Waals surface area contributed by atoms with Gasteiger partial charge in [0.15, 0.2) is 0 Å². The van der Waals surface area contributed by atoms with Crippen LogP contribution in [0.5, 0.6) is 0 Å². The van der Waals surface area contributed by atoms with Crippen LogP contribution in [0, 0.1) is 17.2 Å². The lowest BCUT2D eigenvalue weighted by Gasteiger charge is -2.20. The smallest absolute Gasteiger partial charge is 0.0988 e. The van der Waals surface area contributed by atoms with Crippen LogP contribution < -0.4 is 0 Å². The van der Waals surface area contributed by atoms with Gasteiger partial charge in [-0.3, -0.25) is 0 Å². The maximum atomic E-state index is 9.88. The molecule has 2 atom stereocenters. The van der Waals surface area contributed by atoms with E-state index in [1.807, 2.05) is 26.0 Å². The highest BCUT2D eigenvalue weighted by atomic mass is 35.5. The van der Waals surface area contributed by atoms with Crippen LogP contribution in [0.15, 0.2) is 24.3 Å². The number of nitriles is 1. The van der Waals surface area contributed by atoms with E-state index in [2.05, 4.69) is 6.07 Å². The van der Waals surface area contributed by atoms with Crippen molar-refractivity contribution in [3.05, 3.63) is 34.9 Å². The first kappa shape index (κ1) is 12.0. The van der Waals surface area contributed by atoms with E-state index in [4.69, 9.17) is 16.9 Å². The Hall–Kier alpha value is -1.04. The summed E-state index contributed by atoms with van der Waals surface area (Å²) >= 11 is 5.98. The molecule has 1 rings (SSSR count). The van der Waals surface area contributed by atoms with E-state index in [1.165, 1.54) is 0 Å². The summed E-state index contributed by atoms with van der Waals surface area (Å²) in [5.41, 5.74) is 0.697. The third kappa shape index (κ3) is 2.71. The van der Waals surface area contributed by atoms with Gasteiger partial charge in [0.05, 0.1) is 18.1 Å². The van der Waals surface area contributed by atoms with Gasteiger partial charge in [0, 0.05) is 5.02 Å². The predicted molar refractivity (Wildman–Crippen MR) is 60.7 cm³/mol. The number of aliphatic hydroxyl groups excluding tert-OH is 1. The van der Waals surface area contributed by atoms with Gasteiger partial charge in [0.1, 0.15) is 0 Å². The highest BCUT2D eigenvalue weighted by molar-refractivity contribution is 6.31. The number of nitrogens with zero attached hydrogens (tertiary/aromatic N) is 1. The van der Waals surface area contributed by atoms with E-state index in [-0.39, 0.29) is 5.92 Å². The van der Waals surface area contributed by atoms with Crippen molar-refractivity contribution in [2.75, 3.05) is 0 Å². The maximum absolute atomic E-state index is 9.88. The second-order valence-electron chi connectivity index (χ2n) is 3.86. The monoisotopic (exact) mass is 223 g/mol. The molecular weight excluding hydrogens is 210 g/mol. The predicted octanol–water partition coefficient (Wildman–Crippen LogP) is 2.96. The van der Waals surface area contributed by atoms with Crippen LogP contribution in [0.3, 0.4) is 0 Å². The Balaban J connectivity index is 3.04. The molecule has 0 radical (unpaired) electrons. The maximum Gasteiger partial charge on any atom is 0.0988 e. The fourth-order valence-corrected chi connectivity index (χ4v) is 1.70. The normalized spacial score (nSPS) is 14.7. The van der Waals surface area contributed by atoms with E-state index >= 15 is 0 Å². The molecule has 0 aromatic heterocycles. The zero-order chi connectivity index (χ0) is 11.4. The van der Waals surface area contributed by atoms with Gasteiger partial charge < -0.3 is 5.11 Å². The van der Waals surface area contributed by atoms with Crippen molar-refractivity contribution in [2.24, 2.45) is 5.92 Å². The van der Waals surface area contributed by atoms with Crippen LogP contribution in [0.4, 0.5) is 0 Å². The topological polar surface area (TPSA) is 44.0 Å². The van der Waals surface area contributed by atoms with E-state index in [9.17, 15) is 5.11 Å². The highest BCUT2D eigenvalue weighted by Gasteiger charge is 2.25. The Morgan fingerprint density at radius 2 is 1.93 bits per heavy atom. The Morgan fingerprint density at radius 3 is 2.40 bits per heavy atom. The molecular formula is C12H14ClNO. The summed E-state index contributed by atoms with van der Waals surface area (Å²) in [5, 5.41) is 19.5. The van der Waals surface area contributed by atoms with Crippen molar-refractivity contribution in [3.63, 3.8) is 0 Å². The zero-order valence-corrected chi connectivity index (χ0v) is 9.57. The summed E-state index contributed by atoms with van der Waals surface area (Å²) in [7, 11) is 0. The van der Waals surface area contributed by atoms with Gasteiger partial charge in [-0.25, -0.2) is 0 Å². The average Bonchev–Trinajstić information content (AvgIpc) is 2.21. The molecule has 0 saturated heterocycles. The second-order valence-corrected chi connectivity index (χ2v) is 4.27. The van der Waals surface area contributed by atoms with Crippen molar-refractivity contribution in [2.45, 2.75) is 25.9 Å². The molecule has 0 saturated carbocycles. The quantitative estimate of drug-likeness (QED) is 0.856. The standard InChI is InChI=1S/C12H14ClNO/c1-8(2)12(15)10(7-14)9-5-3-4-6-11(9)13/h3-6,8,10,12,15H,1-2H3. The molecule has 0 aliphatic heterocycles. The number of aliphatic hydroxyl groups is 1. The average molecular weight is 224 g/mol. The van der Waals surface area contributed by atoms with Gasteiger partial charge in [-0.2, -0.15) is 5.26 Å². The molecule has 0 bridgehead atoms. The van der Waals surface area contributed by atoms with E-state index in [0.29, 0.717) is 10.6 Å². The molecule has 2 unspecified atom stereocenters. The number of hydrogen-bond donors (Lipinski definition) is 1. The number of rotatable bonds is 3. The van der Waals surface area contributed by atoms with Gasteiger partial charge in [0.2, 0.25) is 0 Å². The lowest BCUT2D eigenvalue weighted by atomic mass is 9.88. The molecule has 15 heavy (non-hydrogen) atoms. The Morgan fingerprint density at radius 1 is 1.33 bits per heavy atom. The first-order chi connectivity index (χ1) is 7.07. The van der Waals surface area contributed by atoms with Crippen molar-refractivity contribution in [3.8, 4) is 6.07 Å². The SMILES string of the molecule is CC(C)C(O)C(C#N)c1ccccc1Cl. The molecule has 3 heteroatoms. The molecule has 2 nitrogen and oxygen atoms in total. The van der Waals surface area contributed by atoms with E-state index in [1.54, 1.807) is 12.1 Å². The van der Waals surface area contributed by atoms with Crippen LogP contribution in [0.2, 0.25) is 5.02 Å². The molecule has 0 heterocycles. The summed E-state index contributed by atoms with van der Waals surface area (Å²) in [6.45, 7) is 3.76. The van der Waals surface area contributed by atoms with Gasteiger partial charge in [-0.15, -0.1) is 0 Å². The van der Waals surface area contributed by atoms with E-state index < -0.39 is 12.0 Å². The lowest BCUT2D eigenvalue weighted by molar-refractivity contribution is 0.113. The van der Waals surface area contributed by atoms with Crippen LogP contribution in [-0.4, -0.2) is 11.2 Å². The lowest BCUT2D eigenvalue weighted by Crippen LogP contribution is -2.23. The minimum atomic E-state index is -0.685. The number of halogens is 1. The Labute approximate surface area is 95.1 Å². The first-order valence-electron chi connectivity index (χ1n) is 4.90. The summed E-state index contributed by atoms with van der Waals surface area (Å²) in [6, 6.07) is 9.24. The number of hydrogen-bond acceptors (Lipinski definition) is 2. The van der Waals surface area contributed by atoms with Crippen molar-refractivity contribution >= 4 is 11.6 Å². The third-order valence-electron chi connectivity index (χ3n) is 2.40. The Kier molecular flexibility index (Phi) is 4.14. The molecule has 80 valence electrons. The summed E-state index contributed by atoms with van der Waals surface area (Å²) in [6.07, 6.45) is -0.685. The van der Waals surface area contributed by atoms with Crippen molar-refractivity contribution in [1.29, 1.82) is 5.26 Å². The summed E-state index contributed by atoms with van der Waals surface area (Å²) in [5.74, 6) is -0.523. The van der Waals surface area contributed by atoms with Crippen molar-refractivity contribution < 1.29 is 5.11 Å². The molecule has 0 spiro atoms. The van der Waals surface area contributed by atoms with Gasteiger partial charge >= 0.3 is 0 Å². The zero-order valence-electron chi connectivity index (χ0n) is 8.81. The number of benzene rings is 1. The molecule has 1 aromatic carbocycles. The minimum absolute atomic E-state index is 0.0333. The molecule has 0 amide bonds.